The zero-order valence-electron chi connectivity index (χ0n) is 17.5. The molecule has 4 N–H and O–H groups in total. The van der Waals surface area contributed by atoms with E-state index in [0.717, 1.165) is 0 Å². The average molecular weight is 458 g/mol. The normalized spacial score (nSPS) is 12.1. The van der Waals surface area contributed by atoms with Crippen LogP contribution in [0.25, 0.3) is 5.69 Å². The summed E-state index contributed by atoms with van der Waals surface area (Å²) in [5, 5.41) is 14.8. The first-order chi connectivity index (χ1) is 15.2. The van der Waals surface area contributed by atoms with Crippen LogP contribution in [0.1, 0.15) is 35.9 Å². The first kappa shape index (κ1) is 23.0. The molecule has 11 heteroatoms. The number of nitrogens with one attached hydrogen (secondary N) is 2. The standard InChI is InChI=1S/C21H23N5O5S/c1-3-31-20(27)19-11-12-26(25-19)17-6-4-5-16(13-17)24-21(28)23-14(2)15-7-9-18(10-8-15)32(22,29)30/h4-14H,3H2,1-2H3,(H2,22,29,30)(H2,23,24,28). The number of amides is 2. The second kappa shape index (κ2) is 9.62. The van der Waals surface area contributed by atoms with Crippen LogP contribution >= 0.6 is 0 Å². The Morgan fingerprint density at radius 3 is 2.53 bits per heavy atom. The minimum absolute atomic E-state index is 0.000507. The minimum Gasteiger partial charge on any atom is -0.461 e. The number of nitrogens with two attached hydrogens (primary N) is 1. The first-order valence-corrected chi connectivity index (χ1v) is 11.3. The maximum Gasteiger partial charge on any atom is 0.358 e. The number of carbonyl (C=O) groups excluding carboxylic acids is 2. The number of primary sulfonamides is 1. The molecule has 1 unspecified atom stereocenters. The van der Waals surface area contributed by atoms with Crippen LogP contribution in [0.4, 0.5) is 10.5 Å². The molecule has 0 aliphatic carbocycles. The number of carbonyl (C=O) groups is 2. The van der Waals surface area contributed by atoms with Crippen LogP contribution in [0.3, 0.4) is 0 Å². The predicted molar refractivity (Wildman–Crippen MR) is 118 cm³/mol. The average Bonchev–Trinajstić information content (AvgIpc) is 3.24. The van der Waals surface area contributed by atoms with Crippen LogP contribution in [0.2, 0.25) is 0 Å². The van der Waals surface area contributed by atoms with Gasteiger partial charge >= 0.3 is 12.0 Å². The summed E-state index contributed by atoms with van der Waals surface area (Å²) in [5.74, 6) is -0.508. The number of hydrogen-bond acceptors (Lipinski definition) is 6. The summed E-state index contributed by atoms with van der Waals surface area (Å²) in [7, 11) is -3.77. The lowest BCUT2D eigenvalue weighted by Gasteiger charge is -2.16. The summed E-state index contributed by atoms with van der Waals surface area (Å²) in [6.45, 7) is 3.74. The molecule has 32 heavy (non-hydrogen) atoms. The quantitative estimate of drug-likeness (QED) is 0.465. The van der Waals surface area contributed by atoms with Crippen molar-refractivity contribution in [3.8, 4) is 5.69 Å². The molecule has 0 saturated carbocycles. The number of aromatic nitrogens is 2. The summed E-state index contributed by atoms with van der Waals surface area (Å²) in [6.07, 6.45) is 1.62. The molecule has 3 aromatic rings. The molecule has 0 spiro atoms. The number of rotatable bonds is 7. The van der Waals surface area contributed by atoms with Gasteiger partial charge in [0.15, 0.2) is 5.69 Å². The van der Waals surface area contributed by atoms with E-state index >= 15 is 0 Å². The fourth-order valence-electron chi connectivity index (χ4n) is 2.90. The summed E-state index contributed by atoms with van der Waals surface area (Å²) < 4.78 is 29.2. The van der Waals surface area contributed by atoms with E-state index in [9.17, 15) is 18.0 Å². The molecule has 1 atom stereocenters. The van der Waals surface area contributed by atoms with Crippen molar-refractivity contribution in [1.29, 1.82) is 0 Å². The lowest BCUT2D eigenvalue weighted by Crippen LogP contribution is -2.31. The Balaban J connectivity index is 1.65. The van der Waals surface area contributed by atoms with Gasteiger partial charge in [-0.15, -0.1) is 0 Å². The van der Waals surface area contributed by atoms with E-state index in [4.69, 9.17) is 9.88 Å². The van der Waals surface area contributed by atoms with Crippen LogP contribution < -0.4 is 15.8 Å². The van der Waals surface area contributed by atoms with E-state index < -0.39 is 22.0 Å². The van der Waals surface area contributed by atoms with Crippen LogP contribution in [0.5, 0.6) is 0 Å². The molecule has 10 nitrogen and oxygen atoms in total. The number of hydrogen-bond donors (Lipinski definition) is 3. The van der Waals surface area contributed by atoms with Crippen LogP contribution in [0, 0.1) is 0 Å². The van der Waals surface area contributed by atoms with Crippen molar-refractivity contribution >= 4 is 27.7 Å². The maximum absolute atomic E-state index is 12.4. The number of urea groups is 1. The highest BCUT2D eigenvalue weighted by Crippen LogP contribution is 2.17. The van der Waals surface area contributed by atoms with Crippen molar-refractivity contribution in [1.82, 2.24) is 15.1 Å². The van der Waals surface area contributed by atoms with Crippen molar-refractivity contribution in [2.45, 2.75) is 24.8 Å². The van der Waals surface area contributed by atoms with Crippen LogP contribution in [-0.4, -0.2) is 36.8 Å². The fourth-order valence-corrected chi connectivity index (χ4v) is 3.42. The van der Waals surface area contributed by atoms with Gasteiger partial charge in [0.25, 0.3) is 0 Å². The number of benzene rings is 2. The molecule has 3 rings (SSSR count). The third-order valence-electron chi connectivity index (χ3n) is 4.50. The van der Waals surface area contributed by atoms with E-state index in [-0.39, 0.29) is 23.2 Å². The number of sulfonamides is 1. The predicted octanol–water partition coefficient (Wildman–Crippen LogP) is 2.58. The Labute approximate surface area is 185 Å². The van der Waals surface area contributed by atoms with E-state index in [1.807, 2.05) is 0 Å². The van der Waals surface area contributed by atoms with Crippen molar-refractivity contribution in [2.24, 2.45) is 5.14 Å². The van der Waals surface area contributed by atoms with Gasteiger partial charge in [-0.25, -0.2) is 27.8 Å². The molecule has 0 bridgehead atoms. The van der Waals surface area contributed by atoms with E-state index in [2.05, 4.69) is 15.7 Å². The molecule has 2 aromatic carbocycles. The minimum atomic E-state index is -3.77. The van der Waals surface area contributed by atoms with E-state index in [1.165, 1.54) is 16.8 Å². The van der Waals surface area contributed by atoms with Gasteiger partial charge in [-0.2, -0.15) is 5.10 Å². The van der Waals surface area contributed by atoms with Gasteiger partial charge in [-0.05, 0) is 55.8 Å². The monoisotopic (exact) mass is 457 g/mol. The van der Waals surface area contributed by atoms with Gasteiger partial charge in [-0.1, -0.05) is 18.2 Å². The second-order valence-electron chi connectivity index (χ2n) is 6.85. The molecule has 1 aromatic heterocycles. The van der Waals surface area contributed by atoms with Crippen molar-refractivity contribution in [2.75, 3.05) is 11.9 Å². The van der Waals surface area contributed by atoms with Gasteiger partial charge in [0.05, 0.1) is 23.2 Å². The highest BCUT2D eigenvalue weighted by molar-refractivity contribution is 7.89. The Bertz CT molecular complexity index is 1220. The Morgan fingerprint density at radius 2 is 1.88 bits per heavy atom. The molecule has 0 aliphatic rings. The van der Waals surface area contributed by atoms with Crippen molar-refractivity contribution in [3.63, 3.8) is 0 Å². The third kappa shape index (κ3) is 5.71. The zero-order valence-corrected chi connectivity index (χ0v) is 18.3. The molecule has 1 heterocycles. The Hall–Kier alpha value is -3.70. The number of esters is 1. The first-order valence-electron chi connectivity index (χ1n) is 9.71. The molecule has 168 valence electrons. The van der Waals surface area contributed by atoms with Gasteiger partial charge in [0.1, 0.15) is 0 Å². The zero-order chi connectivity index (χ0) is 23.3. The highest BCUT2D eigenvalue weighted by Gasteiger charge is 2.14. The molecule has 0 saturated heterocycles. The summed E-state index contributed by atoms with van der Waals surface area (Å²) >= 11 is 0. The number of nitrogens with zero attached hydrogens (tertiary/aromatic N) is 2. The van der Waals surface area contributed by atoms with E-state index in [1.54, 1.807) is 62.5 Å². The molecule has 0 aliphatic heterocycles. The second-order valence-corrected chi connectivity index (χ2v) is 8.41. The van der Waals surface area contributed by atoms with Gasteiger partial charge in [0.2, 0.25) is 10.0 Å². The largest absolute Gasteiger partial charge is 0.461 e. The Kier molecular flexibility index (Phi) is 6.91. The third-order valence-corrected chi connectivity index (χ3v) is 5.43. The van der Waals surface area contributed by atoms with Crippen molar-refractivity contribution < 1.29 is 22.7 Å². The van der Waals surface area contributed by atoms with Gasteiger partial charge < -0.3 is 15.4 Å². The highest BCUT2D eigenvalue weighted by atomic mass is 32.2. The molecular formula is C21H23N5O5S. The molecule has 2 amide bonds. The van der Waals surface area contributed by atoms with Crippen LogP contribution in [-0.2, 0) is 14.8 Å². The van der Waals surface area contributed by atoms with Crippen molar-refractivity contribution in [3.05, 3.63) is 72.1 Å². The van der Waals surface area contributed by atoms with Gasteiger partial charge in [-0.3, -0.25) is 0 Å². The molecule has 0 fully saturated rings. The van der Waals surface area contributed by atoms with E-state index in [0.29, 0.717) is 16.9 Å². The Morgan fingerprint density at radius 1 is 1.16 bits per heavy atom. The van der Waals surface area contributed by atoms with Crippen LogP contribution in [0.15, 0.2) is 65.7 Å². The summed E-state index contributed by atoms with van der Waals surface area (Å²) in [5.41, 5.74) is 2.06. The number of ether oxygens (including phenoxy) is 1. The molecular weight excluding hydrogens is 434 g/mol. The number of anilines is 1. The van der Waals surface area contributed by atoms with Gasteiger partial charge in [0, 0.05) is 11.9 Å². The fraction of sp³-hybridized carbons (Fsp3) is 0.190. The topological polar surface area (TPSA) is 145 Å². The lowest BCUT2D eigenvalue weighted by atomic mass is 10.1. The SMILES string of the molecule is CCOC(=O)c1ccn(-c2cccc(NC(=O)NC(C)c3ccc(S(N)(=O)=O)cc3)c2)n1. The molecule has 0 radical (unpaired) electrons. The lowest BCUT2D eigenvalue weighted by molar-refractivity contribution is 0.0519. The smallest absolute Gasteiger partial charge is 0.358 e. The maximum atomic E-state index is 12.4. The summed E-state index contributed by atoms with van der Waals surface area (Å²) in [4.78, 5) is 24.2. The summed E-state index contributed by atoms with van der Waals surface area (Å²) in [6, 6.07) is 13.6.